The Balaban J connectivity index is 2.50. The Hall–Kier alpha value is -0.860. The molecular formula is C13H21NO. The lowest BCUT2D eigenvalue weighted by molar-refractivity contribution is 0.164. The van der Waals surface area contributed by atoms with Crippen molar-refractivity contribution >= 4 is 0 Å². The van der Waals surface area contributed by atoms with Gasteiger partial charge in [0.15, 0.2) is 0 Å². The van der Waals surface area contributed by atoms with Crippen molar-refractivity contribution in [3.63, 3.8) is 0 Å². The van der Waals surface area contributed by atoms with Gasteiger partial charge in [0.2, 0.25) is 0 Å². The molecule has 1 rings (SSSR count). The van der Waals surface area contributed by atoms with Crippen molar-refractivity contribution in [3.8, 4) is 0 Å². The maximum Gasteiger partial charge on any atom is 0.0558 e. The summed E-state index contributed by atoms with van der Waals surface area (Å²) >= 11 is 0. The molecule has 0 saturated heterocycles. The highest BCUT2D eigenvalue weighted by Gasteiger charge is 2.11. The van der Waals surface area contributed by atoms with Crippen LogP contribution in [0.2, 0.25) is 0 Å². The van der Waals surface area contributed by atoms with Gasteiger partial charge in [0.1, 0.15) is 0 Å². The molecule has 2 nitrogen and oxygen atoms in total. The monoisotopic (exact) mass is 207 g/mol. The van der Waals surface area contributed by atoms with E-state index in [4.69, 9.17) is 5.11 Å². The van der Waals surface area contributed by atoms with E-state index in [0.717, 1.165) is 19.5 Å². The summed E-state index contributed by atoms with van der Waals surface area (Å²) < 4.78 is 0. The SMILES string of the molecule is CCN(CCO)[C@H](C)Cc1ccccc1. The molecule has 0 aliphatic heterocycles. The molecular weight excluding hydrogens is 186 g/mol. The smallest absolute Gasteiger partial charge is 0.0558 e. The fourth-order valence-corrected chi connectivity index (χ4v) is 1.90. The zero-order valence-corrected chi connectivity index (χ0v) is 9.69. The molecule has 2 heteroatoms. The third-order valence-electron chi connectivity index (χ3n) is 2.79. The third-order valence-corrected chi connectivity index (χ3v) is 2.79. The van der Waals surface area contributed by atoms with E-state index in [1.54, 1.807) is 0 Å². The quantitative estimate of drug-likeness (QED) is 0.770. The normalized spacial score (nSPS) is 13.1. The first kappa shape index (κ1) is 12.2. The standard InChI is InChI=1S/C13H21NO/c1-3-14(9-10-15)12(2)11-13-7-5-4-6-8-13/h4-8,12,15H,3,9-11H2,1-2H3/t12-/m1/s1. The van der Waals surface area contributed by atoms with E-state index in [2.05, 4.69) is 43.0 Å². The Labute approximate surface area is 92.5 Å². The average molecular weight is 207 g/mol. The fraction of sp³-hybridized carbons (Fsp3) is 0.538. The van der Waals surface area contributed by atoms with Crippen molar-refractivity contribution in [2.45, 2.75) is 26.3 Å². The van der Waals surface area contributed by atoms with Gasteiger partial charge in [-0.15, -0.1) is 0 Å². The summed E-state index contributed by atoms with van der Waals surface area (Å²) in [6, 6.07) is 11.0. The Morgan fingerprint density at radius 2 is 1.93 bits per heavy atom. The molecule has 0 aliphatic carbocycles. The average Bonchev–Trinajstić information content (AvgIpc) is 2.27. The maximum atomic E-state index is 8.94. The molecule has 0 bridgehead atoms. The van der Waals surface area contributed by atoms with Crippen molar-refractivity contribution in [2.24, 2.45) is 0 Å². The van der Waals surface area contributed by atoms with Crippen molar-refractivity contribution in [1.29, 1.82) is 0 Å². The van der Waals surface area contributed by atoms with Crippen molar-refractivity contribution in [2.75, 3.05) is 19.7 Å². The number of benzene rings is 1. The molecule has 0 unspecified atom stereocenters. The van der Waals surface area contributed by atoms with Crippen LogP contribution in [0, 0.1) is 0 Å². The highest BCUT2D eigenvalue weighted by atomic mass is 16.3. The van der Waals surface area contributed by atoms with Crippen LogP contribution in [0.15, 0.2) is 30.3 Å². The maximum absolute atomic E-state index is 8.94. The lowest BCUT2D eigenvalue weighted by Crippen LogP contribution is -2.36. The number of likely N-dealkylation sites (N-methyl/N-ethyl adjacent to an activating group) is 1. The third kappa shape index (κ3) is 4.02. The van der Waals surface area contributed by atoms with Crippen molar-refractivity contribution in [3.05, 3.63) is 35.9 Å². The van der Waals surface area contributed by atoms with Crippen molar-refractivity contribution < 1.29 is 5.11 Å². The summed E-state index contributed by atoms with van der Waals surface area (Å²) in [5.74, 6) is 0. The molecule has 0 spiro atoms. The minimum atomic E-state index is 0.243. The summed E-state index contributed by atoms with van der Waals surface area (Å²) in [6.07, 6.45) is 1.05. The van der Waals surface area contributed by atoms with Crippen LogP contribution in [0.25, 0.3) is 0 Å². The van der Waals surface area contributed by atoms with Crippen LogP contribution in [-0.4, -0.2) is 35.7 Å². The second kappa shape index (κ2) is 6.59. The second-order valence-electron chi connectivity index (χ2n) is 3.89. The molecule has 0 aliphatic rings. The molecule has 0 heterocycles. The van der Waals surface area contributed by atoms with E-state index in [1.165, 1.54) is 5.56 Å². The fourth-order valence-electron chi connectivity index (χ4n) is 1.90. The van der Waals surface area contributed by atoms with Crippen LogP contribution < -0.4 is 0 Å². The van der Waals surface area contributed by atoms with Gasteiger partial charge < -0.3 is 5.11 Å². The minimum absolute atomic E-state index is 0.243. The predicted octanol–water partition coefficient (Wildman–Crippen LogP) is 1.93. The zero-order chi connectivity index (χ0) is 11.1. The summed E-state index contributed by atoms with van der Waals surface area (Å²) in [5.41, 5.74) is 1.36. The molecule has 15 heavy (non-hydrogen) atoms. The van der Waals surface area contributed by atoms with E-state index in [0.29, 0.717) is 6.04 Å². The predicted molar refractivity (Wildman–Crippen MR) is 63.9 cm³/mol. The first-order valence-electron chi connectivity index (χ1n) is 5.66. The van der Waals surface area contributed by atoms with Crippen LogP contribution in [0.4, 0.5) is 0 Å². The highest BCUT2D eigenvalue weighted by Crippen LogP contribution is 2.08. The summed E-state index contributed by atoms with van der Waals surface area (Å²) in [5, 5.41) is 8.94. The van der Waals surface area contributed by atoms with Crippen LogP contribution in [0.3, 0.4) is 0 Å². The van der Waals surface area contributed by atoms with E-state index in [1.807, 2.05) is 6.07 Å². The van der Waals surface area contributed by atoms with Gasteiger partial charge in [-0.2, -0.15) is 0 Å². The summed E-state index contributed by atoms with van der Waals surface area (Å²) in [4.78, 5) is 2.30. The Morgan fingerprint density at radius 1 is 1.27 bits per heavy atom. The summed E-state index contributed by atoms with van der Waals surface area (Å²) in [6.45, 7) is 6.36. The second-order valence-corrected chi connectivity index (χ2v) is 3.89. The van der Waals surface area contributed by atoms with Crippen molar-refractivity contribution in [1.82, 2.24) is 4.90 Å². The Morgan fingerprint density at radius 3 is 2.47 bits per heavy atom. The Bertz CT molecular complexity index is 260. The van der Waals surface area contributed by atoms with Gasteiger partial charge in [0.05, 0.1) is 6.61 Å². The van der Waals surface area contributed by atoms with Crippen LogP contribution in [0.1, 0.15) is 19.4 Å². The van der Waals surface area contributed by atoms with Gasteiger partial charge in [-0.25, -0.2) is 0 Å². The molecule has 0 saturated carbocycles. The molecule has 1 aromatic rings. The van der Waals surface area contributed by atoms with Crippen LogP contribution >= 0.6 is 0 Å². The van der Waals surface area contributed by atoms with E-state index >= 15 is 0 Å². The Kier molecular flexibility index (Phi) is 5.37. The van der Waals surface area contributed by atoms with Gasteiger partial charge in [0, 0.05) is 12.6 Å². The molecule has 1 atom stereocenters. The van der Waals surface area contributed by atoms with Gasteiger partial charge >= 0.3 is 0 Å². The van der Waals surface area contributed by atoms with Gasteiger partial charge in [-0.05, 0) is 25.5 Å². The minimum Gasteiger partial charge on any atom is -0.395 e. The largest absolute Gasteiger partial charge is 0.395 e. The lowest BCUT2D eigenvalue weighted by atomic mass is 10.1. The number of hydrogen-bond acceptors (Lipinski definition) is 2. The molecule has 84 valence electrons. The van der Waals surface area contributed by atoms with E-state index in [-0.39, 0.29) is 6.61 Å². The molecule has 1 aromatic carbocycles. The number of aliphatic hydroxyl groups is 1. The molecule has 1 N–H and O–H groups in total. The molecule has 0 amide bonds. The zero-order valence-electron chi connectivity index (χ0n) is 9.69. The number of nitrogens with zero attached hydrogens (tertiary/aromatic N) is 1. The van der Waals surface area contributed by atoms with E-state index < -0.39 is 0 Å². The lowest BCUT2D eigenvalue weighted by Gasteiger charge is -2.27. The van der Waals surface area contributed by atoms with E-state index in [9.17, 15) is 0 Å². The number of hydrogen-bond donors (Lipinski definition) is 1. The van der Waals surface area contributed by atoms with Gasteiger partial charge in [-0.3, -0.25) is 4.90 Å². The van der Waals surface area contributed by atoms with Gasteiger partial charge in [-0.1, -0.05) is 37.3 Å². The van der Waals surface area contributed by atoms with Crippen LogP contribution in [-0.2, 0) is 6.42 Å². The summed E-state index contributed by atoms with van der Waals surface area (Å²) in [7, 11) is 0. The molecule has 0 fully saturated rings. The number of rotatable bonds is 6. The first-order valence-corrected chi connectivity index (χ1v) is 5.66. The number of aliphatic hydroxyl groups excluding tert-OH is 1. The van der Waals surface area contributed by atoms with Crippen LogP contribution in [0.5, 0.6) is 0 Å². The first-order chi connectivity index (χ1) is 7.27. The molecule has 0 radical (unpaired) electrons. The van der Waals surface area contributed by atoms with Gasteiger partial charge in [0.25, 0.3) is 0 Å². The topological polar surface area (TPSA) is 23.5 Å². The molecule has 0 aromatic heterocycles. The highest BCUT2D eigenvalue weighted by molar-refractivity contribution is 5.15.